The molecule has 1 atom stereocenters. The molecule has 1 aliphatic carbocycles. The SMILES string of the molecule is CCCc1noc(Cn2cc3c(c2)C(N)CCCC3)n1. The molecular weight excluding hydrogens is 252 g/mol. The molecule has 1 unspecified atom stereocenters. The molecule has 0 radical (unpaired) electrons. The molecule has 2 heterocycles. The van der Waals surface area contributed by atoms with Gasteiger partial charge >= 0.3 is 0 Å². The Hall–Kier alpha value is -1.62. The highest BCUT2D eigenvalue weighted by Crippen LogP contribution is 2.27. The third-order valence-corrected chi connectivity index (χ3v) is 3.91. The highest BCUT2D eigenvalue weighted by molar-refractivity contribution is 5.29. The summed E-state index contributed by atoms with van der Waals surface area (Å²) in [5, 5.41) is 3.99. The van der Waals surface area contributed by atoms with E-state index >= 15 is 0 Å². The van der Waals surface area contributed by atoms with Crippen molar-refractivity contribution in [3.63, 3.8) is 0 Å². The number of hydrogen-bond acceptors (Lipinski definition) is 4. The first-order valence-corrected chi connectivity index (χ1v) is 7.52. The lowest BCUT2D eigenvalue weighted by molar-refractivity contribution is 0.366. The van der Waals surface area contributed by atoms with Gasteiger partial charge < -0.3 is 14.8 Å². The summed E-state index contributed by atoms with van der Waals surface area (Å²) in [6, 6.07) is 0.173. The fourth-order valence-corrected chi connectivity index (χ4v) is 2.88. The second-order valence-electron chi connectivity index (χ2n) is 5.62. The van der Waals surface area contributed by atoms with Crippen molar-refractivity contribution < 1.29 is 4.52 Å². The van der Waals surface area contributed by atoms with Crippen molar-refractivity contribution in [3.05, 3.63) is 35.2 Å². The Balaban J connectivity index is 1.76. The number of fused-ring (bicyclic) bond motifs is 1. The lowest BCUT2D eigenvalue weighted by atomic mass is 10.1. The normalized spacial score (nSPS) is 18.8. The summed E-state index contributed by atoms with van der Waals surface area (Å²) in [5.41, 5.74) is 8.90. The number of nitrogens with zero attached hydrogens (tertiary/aromatic N) is 3. The van der Waals surface area contributed by atoms with Crippen LogP contribution in [0.4, 0.5) is 0 Å². The second-order valence-corrected chi connectivity index (χ2v) is 5.62. The summed E-state index contributed by atoms with van der Waals surface area (Å²) >= 11 is 0. The van der Waals surface area contributed by atoms with Crippen molar-refractivity contribution in [2.24, 2.45) is 5.73 Å². The quantitative estimate of drug-likeness (QED) is 0.870. The summed E-state index contributed by atoms with van der Waals surface area (Å²) in [5.74, 6) is 1.47. The lowest BCUT2D eigenvalue weighted by Crippen LogP contribution is -2.09. The number of aryl methyl sites for hydroxylation is 2. The van der Waals surface area contributed by atoms with Crippen molar-refractivity contribution in [1.29, 1.82) is 0 Å². The third kappa shape index (κ3) is 2.77. The van der Waals surface area contributed by atoms with Crippen molar-refractivity contribution in [1.82, 2.24) is 14.7 Å². The minimum Gasteiger partial charge on any atom is -0.344 e. The Labute approximate surface area is 119 Å². The molecule has 3 rings (SSSR count). The van der Waals surface area contributed by atoms with E-state index in [4.69, 9.17) is 10.3 Å². The van der Waals surface area contributed by atoms with E-state index in [0.29, 0.717) is 12.4 Å². The maximum Gasteiger partial charge on any atom is 0.246 e. The first kappa shape index (κ1) is 13.4. The summed E-state index contributed by atoms with van der Waals surface area (Å²) in [7, 11) is 0. The zero-order valence-corrected chi connectivity index (χ0v) is 12.0. The number of hydrogen-bond donors (Lipinski definition) is 1. The maximum atomic E-state index is 6.23. The van der Waals surface area contributed by atoms with Gasteiger partial charge in [0.2, 0.25) is 5.89 Å². The average molecular weight is 274 g/mol. The van der Waals surface area contributed by atoms with E-state index in [-0.39, 0.29) is 6.04 Å². The van der Waals surface area contributed by atoms with Crippen LogP contribution < -0.4 is 5.73 Å². The summed E-state index contributed by atoms with van der Waals surface area (Å²) in [4.78, 5) is 4.41. The Kier molecular flexibility index (Phi) is 3.87. The van der Waals surface area contributed by atoms with Crippen LogP contribution in [0.1, 0.15) is 61.5 Å². The Morgan fingerprint density at radius 3 is 3.15 bits per heavy atom. The van der Waals surface area contributed by atoms with Crippen molar-refractivity contribution in [2.75, 3.05) is 0 Å². The van der Waals surface area contributed by atoms with Crippen molar-refractivity contribution in [2.45, 2.75) is 58.0 Å². The minimum absolute atomic E-state index is 0.173. The number of rotatable bonds is 4. The van der Waals surface area contributed by atoms with Gasteiger partial charge in [0, 0.05) is 24.9 Å². The summed E-state index contributed by atoms with van der Waals surface area (Å²) < 4.78 is 7.42. The predicted molar refractivity (Wildman–Crippen MR) is 76.3 cm³/mol. The van der Waals surface area contributed by atoms with Gasteiger partial charge in [-0.2, -0.15) is 4.98 Å². The molecule has 0 saturated carbocycles. The summed E-state index contributed by atoms with van der Waals surface area (Å²) in [6.07, 6.45) is 10.9. The average Bonchev–Trinajstić information content (AvgIpc) is 2.99. The van der Waals surface area contributed by atoms with Crippen LogP contribution >= 0.6 is 0 Å². The fourth-order valence-electron chi connectivity index (χ4n) is 2.88. The van der Waals surface area contributed by atoms with Gasteiger partial charge in [-0.05, 0) is 36.8 Å². The van der Waals surface area contributed by atoms with Gasteiger partial charge in [-0.25, -0.2) is 0 Å². The van der Waals surface area contributed by atoms with Gasteiger partial charge in [0.05, 0.1) is 0 Å². The Morgan fingerprint density at radius 2 is 2.30 bits per heavy atom. The highest BCUT2D eigenvalue weighted by Gasteiger charge is 2.18. The molecule has 0 spiro atoms. The minimum atomic E-state index is 0.173. The lowest BCUT2D eigenvalue weighted by Gasteiger charge is -2.07. The smallest absolute Gasteiger partial charge is 0.246 e. The molecule has 5 nitrogen and oxygen atoms in total. The van der Waals surface area contributed by atoms with Crippen LogP contribution in [0.25, 0.3) is 0 Å². The zero-order chi connectivity index (χ0) is 13.9. The molecule has 2 aromatic heterocycles. The molecule has 0 aliphatic heterocycles. The van der Waals surface area contributed by atoms with Gasteiger partial charge in [0.15, 0.2) is 5.82 Å². The van der Waals surface area contributed by atoms with Gasteiger partial charge in [-0.3, -0.25) is 0 Å². The molecule has 108 valence electrons. The van der Waals surface area contributed by atoms with E-state index < -0.39 is 0 Å². The van der Waals surface area contributed by atoms with Crippen LogP contribution in [0.3, 0.4) is 0 Å². The van der Waals surface area contributed by atoms with E-state index in [0.717, 1.165) is 31.5 Å². The topological polar surface area (TPSA) is 69.9 Å². The number of aromatic nitrogens is 3. The molecule has 5 heteroatoms. The van der Waals surface area contributed by atoms with Crippen LogP contribution in [0.5, 0.6) is 0 Å². The predicted octanol–water partition coefficient (Wildman–Crippen LogP) is 2.60. The van der Waals surface area contributed by atoms with E-state index in [9.17, 15) is 0 Å². The van der Waals surface area contributed by atoms with Gasteiger partial charge in [0.25, 0.3) is 0 Å². The largest absolute Gasteiger partial charge is 0.344 e. The van der Waals surface area contributed by atoms with Gasteiger partial charge in [0.1, 0.15) is 6.54 Å². The van der Waals surface area contributed by atoms with Crippen LogP contribution in [-0.2, 0) is 19.4 Å². The van der Waals surface area contributed by atoms with Crippen LogP contribution in [-0.4, -0.2) is 14.7 Å². The van der Waals surface area contributed by atoms with E-state index in [1.54, 1.807) is 0 Å². The molecule has 2 aromatic rings. The van der Waals surface area contributed by atoms with Gasteiger partial charge in [-0.15, -0.1) is 0 Å². The summed E-state index contributed by atoms with van der Waals surface area (Å²) in [6.45, 7) is 2.75. The molecule has 0 saturated heterocycles. The third-order valence-electron chi connectivity index (χ3n) is 3.91. The van der Waals surface area contributed by atoms with Gasteiger partial charge in [-0.1, -0.05) is 18.5 Å². The monoisotopic (exact) mass is 274 g/mol. The maximum absolute atomic E-state index is 6.23. The molecule has 0 aromatic carbocycles. The first-order valence-electron chi connectivity index (χ1n) is 7.52. The van der Waals surface area contributed by atoms with Crippen molar-refractivity contribution >= 4 is 0 Å². The Morgan fingerprint density at radius 1 is 1.40 bits per heavy atom. The van der Waals surface area contributed by atoms with Crippen LogP contribution in [0.2, 0.25) is 0 Å². The van der Waals surface area contributed by atoms with Crippen LogP contribution in [0.15, 0.2) is 16.9 Å². The molecule has 1 aliphatic rings. The van der Waals surface area contributed by atoms with E-state index in [2.05, 4.69) is 34.0 Å². The van der Waals surface area contributed by atoms with Crippen molar-refractivity contribution in [3.8, 4) is 0 Å². The number of nitrogens with two attached hydrogens (primary N) is 1. The molecule has 0 bridgehead atoms. The highest BCUT2D eigenvalue weighted by atomic mass is 16.5. The second kappa shape index (κ2) is 5.79. The van der Waals surface area contributed by atoms with Crippen LogP contribution in [0, 0.1) is 0 Å². The standard InChI is InChI=1S/C15H22N4O/c1-2-5-14-17-15(20-18-14)10-19-8-11-6-3-4-7-13(16)12(11)9-19/h8-9,13H,2-7,10,16H2,1H3. The zero-order valence-electron chi connectivity index (χ0n) is 12.0. The first-order chi connectivity index (χ1) is 9.76. The van der Waals surface area contributed by atoms with E-state index in [1.165, 1.54) is 24.0 Å². The molecule has 0 amide bonds. The molecular formula is C15H22N4O. The molecule has 0 fully saturated rings. The molecule has 2 N–H and O–H groups in total. The fraction of sp³-hybridized carbons (Fsp3) is 0.600. The van der Waals surface area contributed by atoms with E-state index in [1.807, 2.05) is 0 Å². The Bertz CT molecular complexity index is 572. The molecule has 20 heavy (non-hydrogen) atoms.